The van der Waals surface area contributed by atoms with Gasteiger partial charge in [-0.05, 0) is 30.8 Å². The Hall–Kier alpha value is -4.49. The first-order valence-electron chi connectivity index (χ1n) is 13.7. The third-order valence-corrected chi connectivity index (χ3v) is 8.01. The van der Waals surface area contributed by atoms with Crippen LogP contribution in [-0.2, 0) is 30.5 Å². The molecule has 5 heterocycles. The second-order valence-electron chi connectivity index (χ2n) is 10.4. The summed E-state index contributed by atoms with van der Waals surface area (Å²) in [7, 11) is 2.92. The molecule has 0 atom stereocenters. The summed E-state index contributed by atoms with van der Waals surface area (Å²) in [4.78, 5) is 47.1. The summed E-state index contributed by atoms with van der Waals surface area (Å²) < 4.78 is 21.4. The molecule has 0 unspecified atom stereocenters. The molecular formula is C29H33FN7O5+. The fourth-order valence-corrected chi connectivity index (χ4v) is 5.89. The number of hydrogen-bond donors (Lipinski definition) is 2. The van der Waals surface area contributed by atoms with Crippen LogP contribution < -0.4 is 15.2 Å². The molecule has 7 rings (SSSR count). The lowest BCUT2D eigenvalue weighted by atomic mass is 9.88. The van der Waals surface area contributed by atoms with Gasteiger partial charge in [-0.15, -0.1) is 9.69 Å². The van der Waals surface area contributed by atoms with Crippen LogP contribution in [0, 0.1) is 5.82 Å². The maximum atomic E-state index is 15.3. The summed E-state index contributed by atoms with van der Waals surface area (Å²) >= 11 is 0. The van der Waals surface area contributed by atoms with Gasteiger partial charge in [-0.3, -0.25) is 14.3 Å². The number of carbonyl (C=O) groups is 4. The highest BCUT2D eigenvalue weighted by molar-refractivity contribution is 6.00. The SMILES string of the molecule is CC(=O)[N+]12CCC(CC1)c1nn(CC=O)c3cccc(c13)-c1cc3c(cnn32)cc1F.CNCC(=O)NCC(=O)OC. The van der Waals surface area contributed by atoms with Gasteiger partial charge >= 0.3 is 11.9 Å². The first kappa shape index (κ1) is 29.0. The number of likely N-dealkylation sites (N-methyl/N-ethyl adjacent to an activating group) is 1. The van der Waals surface area contributed by atoms with Gasteiger partial charge in [-0.1, -0.05) is 16.9 Å². The summed E-state index contributed by atoms with van der Waals surface area (Å²) in [6, 6.07) is 9.00. The molecule has 0 aliphatic carbocycles. The van der Waals surface area contributed by atoms with Gasteiger partial charge in [0.15, 0.2) is 0 Å². The average molecular weight is 579 g/mol. The van der Waals surface area contributed by atoms with Crippen molar-refractivity contribution in [3.05, 3.63) is 48.0 Å². The van der Waals surface area contributed by atoms with Gasteiger partial charge in [0.2, 0.25) is 5.91 Å². The molecule has 2 aromatic heterocycles. The number of methoxy groups -OCH3 is 1. The van der Waals surface area contributed by atoms with Crippen LogP contribution in [0.3, 0.4) is 0 Å². The van der Waals surface area contributed by atoms with Crippen LogP contribution in [0.25, 0.3) is 32.9 Å². The lowest BCUT2D eigenvalue weighted by Crippen LogP contribution is -2.65. The molecular weight excluding hydrogens is 545 g/mol. The number of esters is 1. The molecule has 4 bridgehead atoms. The molecule has 0 spiro atoms. The second kappa shape index (κ2) is 11.8. The van der Waals surface area contributed by atoms with Crippen LogP contribution in [-0.4, -0.2) is 84.1 Å². The number of aromatic nitrogens is 4. The van der Waals surface area contributed by atoms with E-state index < -0.39 is 5.97 Å². The van der Waals surface area contributed by atoms with Crippen LogP contribution in [0.5, 0.6) is 0 Å². The molecule has 220 valence electrons. The molecule has 2 N–H and O–H groups in total. The molecule has 1 saturated heterocycles. The van der Waals surface area contributed by atoms with E-state index >= 15 is 4.39 Å². The number of ether oxygens (including phenoxy) is 1. The normalized spacial score (nSPS) is 18.7. The minimum absolute atomic E-state index is 0.0164. The van der Waals surface area contributed by atoms with Crippen molar-refractivity contribution in [2.24, 2.45) is 0 Å². The van der Waals surface area contributed by atoms with E-state index in [0.717, 1.165) is 46.8 Å². The minimum atomic E-state index is -0.450. The zero-order chi connectivity index (χ0) is 30.0. The Bertz CT molecular complexity index is 1690. The summed E-state index contributed by atoms with van der Waals surface area (Å²) in [6.45, 7) is 3.06. The number of rotatable bonds is 6. The molecule has 2 amide bonds. The Morgan fingerprint density at radius 3 is 2.57 bits per heavy atom. The van der Waals surface area contributed by atoms with Crippen molar-refractivity contribution in [2.45, 2.75) is 32.2 Å². The van der Waals surface area contributed by atoms with Crippen molar-refractivity contribution in [3.63, 3.8) is 0 Å². The third kappa shape index (κ3) is 5.05. The van der Waals surface area contributed by atoms with E-state index in [0.29, 0.717) is 24.0 Å². The first-order chi connectivity index (χ1) is 20.2. The van der Waals surface area contributed by atoms with Gasteiger partial charge in [0.05, 0.1) is 44.5 Å². The zero-order valence-electron chi connectivity index (χ0n) is 23.7. The third-order valence-electron chi connectivity index (χ3n) is 8.01. The van der Waals surface area contributed by atoms with E-state index in [9.17, 15) is 19.2 Å². The number of fused-ring (bicyclic) bond motifs is 2. The Morgan fingerprint density at radius 2 is 1.90 bits per heavy atom. The van der Waals surface area contributed by atoms with Gasteiger partial charge < -0.3 is 20.2 Å². The van der Waals surface area contributed by atoms with Gasteiger partial charge in [0, 0.05) is 35.1 Å². The average Bonchev–Trinajstić information content (AvgIpc) is 3.57. The molecule has 0 radical (unpaired) electrons. The van der Waals surface area contributed by atoms with Crippen molar-refractivity contribution in [1.82, 2.24) is 34.9 Å². The van der Waals surface area contributed by atoms with Gasteiger partial charge in [0.1, 0.15) is 37.3 Å². The van der Waals surface area contributed by atoms with E-state index in [2.05, 4.69) is 20.5 Å². The van der Waals surface area contributed by atoms with Crippen molar-refractivity contribution >= 4 is 45.9 Å². The summed E-state index contributed by atoms with van der Waals surface area (Å²) in [5, 5.41) is 15.9. The Balaban J connectivity index is 0.000000276. The quantitative estimate of drug-likeness (QED) is 0.201. The van der Waals surface area contributed by atoms with Crippen LogP contribution in [0.2, 0.25) is 0 Å². The van der Waals surface area contributed by atoms with Gasteiger partial charge in [-0.2, -0.15) is 5.10 Å². The predicted octanol–water partition coefficient (Wildman–Crippen LogP) is 1.76. The highest BCUT2D eigenvalue weighted by Crippen LogP contribution is 2.41. The number of carbonyl (C=O) groups excluding carboxylic acids is 4. The molecule has 2 aromatic carbocycles. The fraction of sp³-hybridized carbons (Fsp3) is 0.379. The van der Waals surface area contributed by atoms with Crippen molar-refractivity contribution in [3.8, 4) is 11.1 Å². The topological polar surface area (TPSA) is 137 Å². The fourth-order valence-electron chi connectivity index (χ4n) is 5.89. The number of nitrogens with one attached hydrogen (secondary N) is 2. The monoisotopic (exact) mass is 578 g/mol. The Labute approximate surface area is 240 Å². The predicted molar refractivity (Wildman–Crippen MR) is 153 cm³/mol. The number of nitrogens with zero attached hydrogens (tertiary/aromatic N) is 5. The largest absolute Gasteiger partial charge is 0.468 e. The highest BCUT2D eigenvalue weighted by atomic mass is 19.1. The van der Waals surface area contributed by atoms with Crippen LogP contribution in [0.4, 0.5) is 4.39 Å². The standard InChI is InChI=1S/C23H21FN5O2.C6H12N2O3/c1-14(31)29-8-5-15(6-9-29)23-22-17(3-2-4-20(22)27(26-23)7-10-30)18-12-21-16(11-19(18)24)13-25-28(21)29;1-7-3-5(9)8-4-6(10)11-2/h2-4,10-13,15H,5-9H2,1H3;7H,3-4H2,1-2H3,(H,8,9)/q+1;. The molecule has 3 aliphatic rings. The lowest BCUT2D eigenvalue weighted by Gasteiger charge is -2.39. The summed E-state index contributed by atoms with van der Waals surface area (Å²) in [5.74, 6) is -0.882. The number of piperidine rings is 1. The minimum Gasteiger partial charge on any atom is -0.468 e. The molecule has 4 aromatic rings. The van der Waals surface area contributed by atoms with E-state index in [1.54, 1.807) is 35.7 Å². The first-order valence-corrected chi connectivity index (χ1v) is 13.7. The number of quaternary nitrogens is 1. The summed E-state index contributed by atoms with van der Waals surface area (Å²) in [6.07, 6.45) is 3.97. The number of amides is 2. The van der Waals surface area contributed by atoms with E-state index in [4.69, 9.17) is 5.10 Å². The Kier molecular flexibility index (Phi) is 8.14. The van der Waals surface area contributed by atoms with Crippen molar-refractivity contribution in [1.29, 1.82) is 0 Å². The Morgan fingerprint density at radius 1 is 1.14 bits per heavy atom. The second-order valence-corrected chi connectivity index (χ2v) is 10.4. The van der Waals surface area contributed by atoms with Crippen LogP contribution in [0.1, 0.15) is 31.4 Å². The number of aldehydes is 1. The maximum Gasteiger partial charge on any atom is 0.336 e. The molecule has 1 fully saturated rings. The number of hydrogen-bond acceptors (Lipinski definition) is 8. The lowest BCUT2D eigenvalue weighted by molar-refractivity contribution is -0.141. The molecule has 12 nitrogen and oxygen atoms in total. The van der Waals surface area contributed by atoms with E-state index in [1.807, 2.05) is 18.2 Å². The highest BCUT2D eigenvalue weighted by Gasteiger charge is 2.44. The van der Waals surface area contributed by atoms with Crippen molar-refractivity contribution in [2.75, 3.05) is 40.3 Å². The van der Waals surface area contributed by atoms with E-state index in [-0.39, 0.29) is 47.8 Å². The molecule has 0 saturated carbocycles. The molecule has 42 heavy (non-hydrogen) atoms. The molecule has 3 aliphatic heterocycles. The molecule has 13 heteroatoms. The summed E-state index contributed by atoms with van der Waals surface area (Å²) in [5.41, 5.74) is 3.66. The number of halogens is 1. The number of benzene rings is 2. The van der Waals surface area contributed by atoms with Gasteiger partial charge in [0.25, 0.3) is 0 Å². The van der Waals surface area contributed by atoms with Gasteiger partial charge in [-0.25, -0.2) is 9.18 Å². The van der Waals surface area contributed by atoms with Crippen LogP contribution >= 0.6 is 0 Å². The van der Waals surface area contributed by atoms with E-state index in [1.165, 1.54) is 13.2 Å². The smallest absolute Gasteiger partial charge is 0.336 e. The maximum absolute atomic E-state index is 15.3. The van der Waals surface area contributed by atoms with Crippen molar-refractivity contribution < 1.29 is 28.3 Å². The zero-order valence-corrected chi connectivity index (χ0v) is 23.7. The van der Waals surface area contributed by atoms with Crippen LogP contribution in [0.15, 0.2) is 36.5 Å².